The normalized spacial score (nSPS) is 15.6. The first-order chi connectivity index (χ1) is 10.9. The summed E-state index contributed by atoms with van der Waals surface area (Å²) in [5.41, 5.74) is 5.96. The van der Waals surface area contributed by atoms with Crippen molar-refractivity contribution in [1.29, 1.82) is 0 Å². The standard InChI is InChI=1S/C20H18INO/c1-4-11-9-13-14(10-15(11)21)20(2,3)19-17(18(13)23)12-7-5-6-8-16(12)22-19/h5-10,22H,4H2,1-3H3. The second kappa shape index (κ2) is 4.94. The molecule has 0 unspecified atom stereocenters. The highest BCUT2D eigenvalue weighted by atomic mass is 127. The van der Waals surface area contributed by atoms with Crippen LogP contribution in [0.2, 0.25) is 0 Å². The number of benzene rings is 2. The van der Waals surface area contributed by atoms with Crippen LogP contribution in [0.15, 0.2) is 36.4 Å². The van der Waals surface area contributed by atoms with Gasteiger partial charge in [0.15, 0.2) is 5.78 Å². The number of carbonyl (C=O) groups is 1. The van der Waals surface area contributed by atoms with E-state index in [1.54, 1.807) is 0 Å². The Morgan fingerprint density at radius 2 is 1.91 bits per heavy atom. The number of hydrogen-bond acceptors (Lipinski definition) is 1. The Morgan fingerprint density at radius 3 is 2.65 bits per heavy atom. The lowest BCUT2D eigenvalue weighted by Gasteiger charge is -2.32. The molecule has 0 radical (unpaired) electrons. The third-order valence-corrected chi connectivity index (χ3v) is 6.05. The molecule has 0 bridgehead atoms. The van der Waals surface area contributed by atoms with Crippen molar-refractivity contribution in [2.75, 3.05) is 0 Å². The van der Waals surface area contributed by atoms with E-state index in [1.165, 1.54) is 9.13 Å². The SMILES string of the molecule is CCc1cc2c(cc1I)C(C)(C)c1[nH]c3ccccc3c1C2=O. The first kappa shape index (κ1) is 14.9. The highest BCUT2D eigenvalue weighted by Gasteiger charge is 2.39. The topological polar surface area (TPSA) is 32.9 Å². The molecule has 0 amide bonds. The minimum absolute atomic E-state index is 0.151. The van der Waals surface area contributed by atoms with Crippen molar-refractivity contribution in [2.45, 2.75) is 32.6 Å². The molecule has 2 aromatic carbocycles. The van der Waals surface area contributed by atoms with Crippen LogP contribution in [0.3, 0.4) is 0 Å². The number of carbonyl (C=O) groups excluding carboxylic acids is 1. The van der Waals surface area contributed by atoms with Gasteiger partial charge in [0.2, 0.25) is 0 Å². The number of aromatic nitrogens is 1. The third-order valence-electron chi connectivity index (χ3n) is 5.04. The van der Waals surface area contributed by atoms with Gasteiger partial charge in [-0.3, -0.25) is 4.79 Å². The molecule has 2 nitrogen and oxygen atoms in total. The molecule has 23 heavy (non-hydrogen) atoms. The van der Waals surface area contributed by atoms with Gasteiger partial charge in [-0.1, -0.05) is 39.0 Å². The zero-order valence-corrected chi connectivity index (χ0v) is 15.6. The second-order valence-corrected chi connectivity index (χ2v) is 7.88. The third kappa shape index (κ3) is 1.95. The molecule has 0 fully saturated rings. The number of halogens is 1. The maximum atomic E-state index is 13.2. The van der Waals surface area contributed by atoms with Crippen LogP contribution in [0.5, 0.6) is 0 Å². The van der Waals surface area contributed by atoms with Gasteiger partial charge < -0.3 is 4.98 Å². The second-order valence-electron chi connectivity index (χ2n) is 6.72. The van der Waals surface area contributed by atoms with Crippen LogP contribution in [0, 0.1) is 3.57 Å². The largest absolute Gasteiger partial charge is 0.357 e. The quantitative estimate of drug-likeness (QED) is 0.545. The van der Waals surface area contributed by atoms with Crippen molar-refractivity contribution >= 4 is 39.3 Å². The summed E-state index contributed by atoms with van der Waals surface area (Å²) in [5.74, 6) is 0.151. The van der Waals surface area contributed by atoms with Crippen molar-refractivity contribution in [2.24, 2.45) is 0 Å². The minimum atomic E-state index is -0.205. The number of ketones is 1. The van der Waals surface area contributed by atoms with E-state index in [2.05, 4.69) is 60.5 Å². The molecule has 0 spiro atoms. The molecule has 0 saturated carbocycles. The first-order valence-electron chi connectivity index (χ1n) is 7.94. The molecule has 1 aliphatic carbocycles. The average Bonchev–Trinajstić information content (AvgIpc) is 2.93. The summed E-state index contributed by atoms with van der Waals surface area (Å²) in [6.45, 7) is 6.54. The Bertz CT molecular complexity index is 965. The van der Waals surface area contributed by atoms with Gasteiger partial charge >= 0.3 is 0 Å². The molecular weight excluding hydrogens is 397 g/mol. The van der Waals surface area contributed by atoms with Gasteiger partial charge in [0.05, 0.1) is 5.56 Å². The number of rotatable bonds is 1. The molecule has 1 aromatic heterocycles. The highest BCUT2D eigenvalue weighted by Crippen LogP contribution is 2.44. The lowest BCUT2D eigenvalue weighted by molar-refractivity contribution is 0.103. The number of hydrogen-bond donors (Lipinski definition) is 1. The van der Waals surface area contributed by atoms with Crippen LogP contribution < -0.4 is 0 Å². The molecular formula is C20H18INO. The molecule has 1 aliphatic rings. The maximum absolute atomic E-state index is 13.2. The van der Waals surface area contributed by atoms with Crippen LogP contribution in [-0.2, 0) is 11.8 Å². The van der Waals surface area contributed by atoms with E-state index < -0.39 is 0 Å². The Morgan fingerprint density at radius 1 is 1.17 bits per heavy atom. The lowest BCUT2D eigenvalue weighted by atomic mass is 9.71. The van der Waals surface area contributed by atoms with E-state index in [0.717, 1.165) is 39.7 Å². The molecule has 4 rings (SSSR count). The fourth-order valence-electron chi connectivity index (χ4n) is 3.71. The van der Waals surface area contributed by atoms with Gasteiger partial charge in [-0.2, -0.15) is 0 Å². The molecule has 3 aromatic rings. The number of aromatic amines is 1. The van der Waals surface area contributed by atoms with E-state index in [9.17, 15) is 4.79 Å². The van der Waals surface area contributed by atoms with Crippen molar-refractivity contribution in [1.82, 2.24) is 4.98 Å². The highest BCUT2D eigenvalue weighted by molar-refractivity contribution is 14.1. The number of aryl methyl sites for hydroxylation is 1. The smallest absolute Gasteiger partial charge is 0.195 e. The maximum Gasteiger partial charge on any atom is 0.195 e. The van der Waals surface area contributed by atoms with Crippen LogP contribution in [0.25, 0.3) is 10.9 Å². The summed E-state index contributed by atoms with van der Waals surface area (Å²) in [6.07, 6.45) is 0.944. The van der Waals surface area contributed by atoms with Gasteiger partial charge in [0.1, 0.15) is 0 Å². The molecule has 0 saturated heterocycles. The number of nitrogens with one attached hydrogen (secondary N) is 1. The van der Waals surface area contributed by atoms with Gasteiger partial charge in [0, 0.05) is 31.1 Å². The summed E-state index contributed by atoms with van der Waals surface area (Å²) in [5, 5.41) is 1.03. The lowest BCUT2D eigenvalue weighted by Crippen LogP contribution is -2.30. The summed E-state index contributed by atoms with van der Waals surface area (Å²) < 4.78 is 1.24. The van der Waals surface area contributed by atoms with Gasteiger partial charge in [-0.15, -0.1) is 0 Å². The zero-order chi connectivity index (χ0) is 16.4. The summed E-state index contributed by atoms with van der Waals surface area (Å²) in [4.78, 5) is 16.7. The zero-order valence-electron chi connectivity index (χ0n) is 13.5. The Labute approximate surface area is 149 Å². The minimum Gasteiger partial charge on any atom is -0.357 e. The van der Waals surface area contributed by atoms with Crippen LogP contribution in [0.1, 0.15) is 53.5 Å². The summed E-state index contributed by atoms with van der Waals surface area (Å²) >= 11 is 2.38. The van der Waals surface area contributed by atoms with Crippen LogP contribution in [-0.4, -0.2) is 10.8 Å². The van der Waals surface area contributed by atoms with Gasteiger partial charge in [0.25, 0.3) is 0 Å². The van der Waals surface area contributed by atoms with E-state index in [0.29, 0.717) is 0 Å². The Balaban J connectivity index is 2.10. The van der Waals surface area contributed by atoms with Crippen LogP contribution in [0.4, 0.5) is 0 Å². The van der Waals surface area contributed by atoms with E-state index in [-0.39, 0.29) is 11.2 Å². The van der Waals surface area contributed by atoms with Crippen molar-refractivity contribution in [3.8, 4) is 0 Å². The van der Waals surface area contributed by atoms with Crippen molar-refractivity contribution in [3.05, 3.63) is 67.9 Å². The number of H-pyrrole nitrogens is 1. The molecule has 3 heteroatoms. The van der Waals surface area contributed by atoms with Crippen LogP contribution >= 0.6 is 22.6 Å². The summed E-state index contributed by atoms with van der Waals surface area (Å²) in [7, 11) is 0. The van der Waals surface area contributed by atoms with E-state index >= 15 is 0 Å². The predicted octanol–water partition coefficient (Wildman–Crippen LogP) is 5.21. The van der Waals surface area contributed by atoms with Gasteiger partial charge in [-0.05, 0) is 58.3 Å². The van der Waals surface area contributed by atoms with Crippen molar-refractivity contribution in [3.63, 3.8) is 0 Å². The Hall–Kier alpha value is -1.62. The molecule has 0 atom stereocenters. The first-order valence-corrected chi connectivity index (χ1v) is 9.01. The molecule has 1 N–H and O–H groups in total. The van der Waals surface area contributed by atoms with E-state index in [4.69, 9.17) is 0 Å². The fraction of sp³-hybridized carbons (Fsp3) is 0.250. The van der Waals surface area contributed by atoms with E-state index in [1.807, 2.05) is 24.3 Å². The summed E-state index contributed by atoms with van der Waals surface area (Å²) in [6, 6.07) is 12.4. The van der Waals surface area contributed by atoms with Crippen molar-refractivity contribution < 1.29 is 4.79 Å². The molecule has 1 heterocycles. The monoisotopic (exact) mass is 415 g/mol. The predicted molar refractivity (Wildman–Crippen MR) is 102 cm³/mol. The average molecular weight is 415 g/mol. The molecule has 0 aliphatic heterocycles. The fourth-order valence-corrected chi connectivity index (χ4v) is 4.56. The number of fused-ring (bicyclic) bond motifs is 4. The Kier molecular flexibility index (Phi) is 3.21. The molecule has 116 valence electrons. The van der Waals surface area contributed by atoms with Gasteiger partial charge in [-0.25, -0.2) is 0 Å². The number of para-hydroxylation sites is 1.